The largest absolute Gasteiger partial charge is 0.456 e. The van der Waals surface area contributed by atoms with Crippen molar-refractivity contribution >= 4 is 42.8 Å². The fourth-order valence-corrected chi connectivity index (χ4v) is 2.51. The highest BCUT2D eigenvalue weighted by Crippen LogP contribution is 2.25. The highest BCUT2D eigenvalue weighted by atomic mass is 79.9. The van der Waals surface area contributed by atoms with Crippen LogP contribution in [0.25, 0.3) is 22.3 Å². The molecule has 94 valence electrons. The molecule has 0 aliphatic rings. The Balaban J connectivity index is 2.24. The lowest BCUT2D eigenvalue weighted by Gasteiger charge is -2.03. The summed E-state index contributed by atoms with van der Waals surface area (Å²) in [6.07, 6.45) is 0. The Hall–Kier alpha value is -1.39. The van der Waals surface area contributed by atoms with Crippen molar-refractivity contribution in [2.24, 2.45) is 0 Å². The van der Waals surface area contributed by atoms with Gasteiger partial charge in [0.2, 0.25) is 0 Å². The monoisotopic (exact) mass is 378 g/mol. The number of hydrogen-bond donors (Lipinski definition) is 0. The Kier molecular flexibility index (Phi) is 3.29. The molecule has 0 bridgehead atoms. The zero-order chi connectivity index (χ0) is 13.4. The Morgan fingerprint density at radius 1 is 0.842 bits per heavy atom. The third-order valence-corrected chi connectivity index (χ3v) is 3.84. The topological polar surface area (TPSA) is 30.2 Å². The molecule has 2 nitrogen and oxygen atoms in total. The maximum Gasteiger partial charge on any atom is 0.193 e. The lowest BCUT2D eigenvalue weighted by Crippen LogP contribution is -2.00. The molecule has 0 aliphatic heterocycles. The standard InChI is InChI=1S/C15H8Br2O2/c16-10-3-1-9(2-4-10)15-8-13(18)12-7-11(17)5-6-14(12)19-15/h1-8H. The van der Waals surface area contributed by atoms with E-state index in [1.165, 1.54) is 6.07 Å². The first-order valence-electron chi connectivity index (χ1n) is 5.63. The summed E-state index contributed by atoms with van der Waals surface area (Å²) in [5.74, 6) is 0.576. The van der Waals surface area contributed by atoms with Gasteiger partial charge in [0.25, 0.3) is 0 Å². The molecular weight excluding hydrogens is 372 g/mol. The fourth-order valence-electron chi connectivity index (χ4n) is 1.88. The summed E-state index contributed by atoms with van der Waals surface area (Å²) in [5.41, 5.74) is 1.43. The van der Waals surface area contributed by atoms with Crippen LogP contribution in [-0.2, 0) is 0 Å². The molecule has 19 heavy (non-hydrogen) atoms. The summed E-state index contributed by atoms with van der Waals surface area (Å²) in [4.78, 5) is 12.1. The molecule has 0 atom stereocenters. The Morgan fingerprint density at radius 3 is 2.26 bits per heavy atom. The van der Waals surface area contributed by atoms with E-state index >= 15 is 0 Å². The Morgan fingerprint density at radius 2 is 1.53 bits per heavy atom. The van der Waals surface area contributed by atoms with Crippen molar-refractivity contribution < 1.29 is 4.42 Å². The van der Waals surface area contributed by atoms with Crippen LogP contribution in [0.3, 0.4) is 0 Å². The van der Waals surface area contributed by atoms with E-state index in [-0.39, 0.29) is 5.43 Å². The van der Waals surface area contributed by atoms with Gasteiger partial charge in [-0.05, 0) is 30.3 Å². The first kappa shape index (κ1) is 12.6. The molecule has 0 N–H and O–H groups in total. The number of halogens is 2. The normalized spacial score (nSPS) is 10.8. The lowest BCUT2D eigenvalue weighted by atomic mass is 10.1. The van der Waals surface area contributed by atoms with E-state index < -0.39 is 0 Å². The van der Waals surface area contributed by atoms with Crippen LogP contribution in [0.5, 0.6) is 0 Å². The molecule has 0 amide bonds. The van der Waals surface area contributed by atoms with Crippen molar-refractivity contribution in [3.63, 3.8) is 0 Å². The van der Waals surface area contributed by atoms with Crippen LogP contribution in [0.15, 0.2) is 66.7 Å². The lowest BCUT2D eigenvalue weighted by molar-refractivity contribution is 0.619. The predicted molar refractivity (Wildman–Crippen MR) is 83.3 cm³/mol. The second-order valence-corrected chi connectivity index (χ2v) is 5.95. The molecule has 1 aromatic heterocycles. The van der Waals surface area contributed by atoms with E-state index in [0.717, 1.165) is 14.5 Å². The molecule has 0 unspecified atom stereocenters. The first-order chi connectivity index (χ1) is 9.13. The molecule has 0 spiro atoms. The van der Waals surface area contributed by atoms with Crippen molar-refractivity contribution in [2.75, 3.05) is 0 Å². The summed E-state index contributed by atoms with van der Waals surface area (Å²) in [7, 11) is 0. The van der Waals surface area contributed by atoms with Gasteiger partial charge in [0.1, 0.15) is 11.3 Å². The van der Waals surface area contributed by atoms with Crippen molar-refractivity contribution in [3.8, 4) is 11.3 Å². The van der Waals surface area contributed by atoms with Crippen LogP contribution in [0, 0.1) is 0 Å². The highest BCUT2D eigenvalue weighted by Gasteiger charge is 2.07. The molecule has 0 aliphatic carbocycles. The minimum atomic E-state index is -0.0412. The van der Waals surface area contributed by atoms with Crippen molar-refractivity contribution in [3.05, 3.63) is 67.7 Å². The Bertz CT molecular complexity index is 804. The summed E-state index contributed by atoms with van der Waals surface area (Å²) in [6, 6.07) is 14.6. The highest BCUT2D eigenvalue weighted by molar-refractivity contribution is 9.10. The second kappa shape index (κ2) is 4.94. The third kappa shape index (κ3) is 2.51. The van der Waals surface area contributed by atoms with Crippen LogP contribution < -0.4 is 5.43 Å². The summed E-state index contributed by atoms with van der Waals surface area (Å²) >= 11 is 6.73. The van der Waals surface area contributed by atoms with Gasteiger partial charge in [0, 0.05) is 20.6 Å². The van der Waals surface area contributed by atoms with Gasteiger partial charge < -0.3 is 4.42 Å². The molecule has 1 heterocycles. The van der Waals surface area contributed by atoms with Crippen molar-refractivity contribution in [1.82, 2.24) is 0 Å². The van der Waals surface area contributed by atoms with Crippen LogP contribution in [0.1, 0.15) is 0 Å². The van der Waals surface area contributed by atoms with E-state index in [1.807, 2.05) is 30.3 Å². The van der Waals surface area contributed by atoms with Crippen molar-refractivity contribution in [2.45, 2.75) is 0 Å². The van der Waals surface area contributed by atoms with Crippen LogP contribution in [0.2, 0.25) is 0 Å². The van der Waals surface area contributed by atoms with Gasteiger partial charge in [-0.15, -0.1) is 0 Å². The van der Waals surface area contributed by atoms with Crippen LogP contribution >= 0.6 is 31.9 Å². The van der Waals surface area contributed by atoms with Gasteiger partial charge >= 0.3 is 0 Å². The first-order valence-corrected chi connectivity index (χ1v) is 7.21. The zero-order valence-corrected chi connectivity index (χ0v) is 12.9. The smallest absolute Gasteiger partial charge is 0.193 e. The van der Waals surface area contributed by atoms with E-state index in [4.69, 9.17) is 4.42 Å². The molecule has 2 aromatic carbocycles. The molecule has 3 aromatic rings. The average Bonchev–Trinajstić information content (AvgIpc) is 2.40. The predicted octanol–water partition coefficient (Wildman–Crippen LogP) is 4.99. The van der Waals surface area contributed by atoms with E-state index in [2.05, 4.69) is 31.9 Å². The SMILES string of the molecule is O=c1cc(-c2ccc(Br)cc2)oc2ccc(Br)cc12. The number of rotatable bonds is 1. The van der Waals surface area contributed by atoms with E-state index in [9.17, 15) is 4.79 Å². The fraction of sp³-hybridized carbons (Fsp3) is 0. The number of hydrogen-bond acceptors (Lipinski definition) is 2. The van der Waals surface area contributed by atoms with E-state index in [1.54, 1.807) is 12.1 Å². The molecule has 0 saturated heterocycles. The molecule has 4 heteroatoms. The average molecular weight is 380 g/mol. The summed E-state index contributed by atoms with van der Waals surface area (Å²) in [6.45, 7) is 0. The summed E-state index contributed by atoms with van der Waals surface area (Å²) in [5, 5.41) is 0.579. The van der Waals surface area contributed by atoms with Gasteiger partial charge in [0.05, 0.1) is 5.39 Å². The van der Waals surface area contributed by atoms with Crippen molar-refractivity contribution in [1.29, 1.82) is 0 Å². The van der Waals surface area contributed by atoms with Gasteiger partial charge in [-0.25, -0.2) is 0 Å². The minimum absolute atomic E-state index is 0.0412. The molecule has 0 saturated carbocycles. The molecule has 0 fully saturated rings. The maximum atomic E-state index is 12.1. The van der Waals surface area contributed by atoms with Gasteiger partial charge in [-0.3, -0.25) is 4.79 Å². The quantitative estimate of drug-likeness (QED) is 0.596. The zero-order valence-electron chi connectivity index (χ0n) is 9.69. The molecule has 3 rings (SSSR count). The molecular formula is C15H8Br2O2. The van der Waals surface area contributed by atoms with Gasteiger partial charge in [-0.2, -0.15) is 0 Å². The second-order valence-electron chi connectivity index (χ2n) is 4.12. The maximum absolute atomic E-state index is 12.1. The molecule has 0 radical (unpaired) electrons. The number of benzene rings is 2. The van der Waals surface area contributed by atoms with E-state index in [0.29, 0.717) is 16.7 Å². The minimum Gasteiger partial charge on any atom is -0.456 e. The van der Waals surface area contributed by atoms with Crippen LogP contribution in [-0.4, -0.2) is 0 Å². The summed E-state index contributed by atoms with van der Waals surface area (Å²) < 4.78 is 7.64. The van der Waals surface area contributed by atoms with Gasteiger partial charge in [-0.1, -0.05) is 44.0 Å². The van der Waals surface area contributed by atoms with Crippen LogP contribution in [0.4, 0.5) is 0 Å². The third-order valence-electron chi connectivity index (χ3n) is 2.82. The Labute approximate surface area is 126 Å². The van der Waals surface area contributed by atoms with Gasteiger partial charge in [0.15, 0.2) is 5.43 Å². The number of fused-ring (bicyclic) bond motifs is 1.